The third kappa shape index (κ3) is 4.03. The number of amides is 1. The van der Waals surface area contributed by atoms with Gasteiger partial charge in [-0.25, -0.2) is 4.39 Å². The third-order valence-electron chi connectivity index (χ3n) is 3.65. The second-order valence-electron chi connectivity index (χ2n) is 5.34. The van der Waals surface area contributed by atoms with Crippen LogP contribution in [-0.4, -0.2) is 34.0 Å². The molecule has 0 spiro atoms. The number of thioether (sulfide) groups is 1. The van der Waals surface area contributed by atoms with Gasteiger partial charge in [0.25, 0.3) is 11.6 Å². The Kier molecular flexibility index (Phi) is 5.08. The van der Waals surface area contributed by atoms with Gasteiger partial charge in [-0.05, 0) is 29.8 Å². The first-order valence-electron chi connectivity index (χ1n) is 7.52. The van der Waals surface area contributed by atoms with Gasteiger partial charge in [0.15, 0.2) is 5.17 Å². The van der Waals surface area contributed by atoms with E-state index in [9.17, 15) is 19.3 Å². The quantitative estimate of drug-likeness (QED) is 0.619. The van der Waals surface area contributed by atoms with E-state index in [4.69, 9.17) is 0 Å². The van der Waals surface area contributed by atoms with Crippen molar-refractivity contribution in [3.05, 3.63) is 75.6 Å². The van der Waals surface area contributed by atoms with Crippen molar-refractivity contribution in [3.8, 4) is 0 Å². The molecule has 0 aromatic heterocycles. The van der Waals surface area contributed by atoms with Crippen molar-refractivity contribution in [2.75, 3.05) is 13.1 Å². The predicted molar refractivity (Wildman–Crippen MR) is 94.1 cm³/mol. The normalized spacial score (nSPS) is 13.6. The number of aliphatic imine (C=N–C) groups is 1. The predicted octanol–water partition coefficient (Wildman–Crippen LogP) is 3.48. The van der Waals surface area contributed by atoms with Gasteiger partial charge >= 0.3 is 0 Å². The summed E-state index contributed by atoms with van der Waals surface area (Å²) in [5.41, 5.74) is 1.25. The molecule has 6 nitrogen and oxygen atoms in total. The van der Waals surface area contributed by atoms with Crippen LogP contribution in [0.25, 0.3) is 0 Å². The van der Waals surface area contributed by atoms with Gasteiger partial charge in [0.2, 0.25) is 0 Å². The van der Waals surface area contributed by atoms with Crippen molar-refractivity contribution < 1.29 is 14.1 Å². The second-order valence-corrected chi connectivity index (χ2v) is 6.28. The molecule has 0 atom stereocenters. The summed E-state index contributed by atoms with van der Waals surface area (Å²) in [5, 5.41) is 11.3. The highest BCUT2D eigenvalue weighted by Crippen LogP contribution is 2.22. The molecule has 128 valence electrons. The number of amidine groups is 1. The van der Waals surface area contributed by atoms with Gasteiger partial charge in [-0.15, -0.1) is 0 Å². The molecule has 2 aromatic carbocycles. The van der Waals surface area contributed by atoms with Crippen molar-refractivity contribution >= 4 is 28.5 Å². The fourth-order valence-corrected chi connectivity index (χ4v) is 3.35. The minimum atomic E-state index is -0.504. The third-order valence-corrected chi connectivity index (χ3v) is 4.74. The standard InChI is InChI=1S/C17H14FN3O3S/c18-14-5-1-12(2-6-14)11-25-17-19-9-10-20(17)16(22)13-3-7-15(8-4-13)21(23)24/h1-8H,9-11H2. The molecule has 1 heterocycles. The Morgan fingerprint density at radius 3 is 2.52 bits per heavy atom. The molecular weight excluding hydrogens is 345 g/mol. The Balaban J connectivity index is 1.66. The summed E-state index contributed by atoms with van der Waals surface area (Å²) in [6.07, 6.45) is 0. The summed E-state index contributed by atoms with van der Waals surface area (Å²) in [7, 11) is 0. The van der Waals surface area contributed by atoms with Crippen LogP contribution in [0, 0.1) is 15.9 Å². The van der Waals surface area contributed by atoms with Gasteiger partial charge in [-0.2, -0.15) is 0 Å². The lowest BCUT2D eigenvalue weighted by atomic mass is 10.2. The number of hydrogen-bond donors (Lipinski definition) is 0. The smallest absolute Gasteiger partial charge is 0.269 e. The van der Waals surface area contributed by atoms with Crippen molar-refractivity contribution in [3.63, 3.8) is 0 Å². The highest BCUT2D eigenvalue weighted by Gasteiger charge is 2.25. The molecule has 0 saturated heterocycles. The van der Waals surface area contributed by atoms with E-state index in [0.717, 1.165) is 5.56 Å². The highest BCUT2D eigenvalue weighted by atomic mass is 32.2. The first-order chi connectivity index (χ1) is 12.0. The molecule has 1 amide bonds. The van der Waals surface area contributed by atoms with Crippen LogP contribution < -0.4 is 0 Å². The average Bonchev–Trinajstić information content (AvgIpc) is 3.09. The molecule has 1 aliphatic heterocycles. The highest BCUT2D eigenvalue weighted by molar-refractivity contribution is 8.13. The van der Waals surface area contributed by atoms with Crippen LogP contribution >= 0.6 is 11.8 Å². The van der Waals surface area contributed by atoms with Crippen LogP contribution in [0.2, 0.25) is 0 Å². The fourth-order valence-electron chi connectivity index (χ4n) is 2.35. The zero-order chi connectivity index (χ0) is 17.8. The first kappa shape index (κ1) is 17.1. The molecule has 0 fully saturated rings. The van der Waals surface area contributed by atoms with Gasteiger partial charge in [0, 0.05) is 30.0 Å². The Labute approximate surface area is 147 Å². The number of nitro benzene ring substituents is 1. The lowest BCUT2D eigenvalue weighted by Gasteiger charge is -2.17. The first-order valence-corrected chi connectivity index (χ1v) is 8.51. The Morgan fingerprint density at radius 2 is 1.88 bits per heavy atom. The monoisotopic (exact) mass is 359 g/mol. The van der Waals surface area contributed by atoms with Crippen LogP contribution in [0.1, 0.15) is 15.9 Å². The average molecular weight is 359 g/mol. The minimum Gasteiger partial charge on any atom is -0.286 e. The van der Waals surface area contributed by atoms with Crippen LogP contribution in [0.15, 0.2) is 53.5 Å². The molecule has 3 rings (SSSR count). The lowest BCUT2D eigenvalue weighted by molar-refractivity contribution is -0.384. The Bertz CT molecular complexity index is 822. The summed E-state index contributed by atoms with van der Waals surface area (Å²) in [6.45, 7) is 0.992. The van der Waals surface area contributed by atoms with E-state index < -0.39 is 4.92 Å². The zero-order valence-corrected chi connectivity index (χ0v) is 13.9. The molecule has 0 N–H and O–H groups in total. The largest absolute Gasteiger partial charge is 0.286 e. The molecule has 0 saturated carbocycles. The lowest BCUT2D eigenvalue weighted by Crippen LogP contribution is -2.32. The maximum absolute atomic E-state index is 12.9. The number of non-ortho nitro benzene ring substituents is 1. The number of nitrogens with zero attached hydrogens (tertiary/aromatic N) is 3. The maximum atomic E-state index is 12.9. The molecule has 25 heavy (non-hydrogen) atoms. The van der Waals surface area contributed by atoms with E-state index in [1.54, 1.807) is 17.0 Å². The summed E-state index contributed by atoms with van der Waals surface area (Å²) >= 11 is 1.41. The molecule has 2 aromatic rings. The van der Waals surface area contributed by atoms with Gasteiger partial charge in [-0.1, -0.05) is 23.9 Å². The van der Waals surface area contributed by atoms with Crippen molar-refractivity contribution in [1.82, 2.24) is 4.90 Å². The van der Waals surface area contributed by atoms with Gasteiger partial charge in [0.1, 0.15) is 5.82 Å². The zero-order valence-electron chi connectivity index (χ0n) is 13.1. The molecule has 0 bridgehead atoms. The summed E-state index contributed by atoms with van der Waals surface area (Å²) in [5.74, 6) is 0.0445. The van der Waals surface area contributed by atoms with Crippen LogP contribution in [0.3, 0.4) is 0 Å². The second kappa shape index (κ2) is 7.43. The molecular formula is C17H14FN3O3S. The Morgan fingerprint density at radius 1 is 1.20 bits per heavy atom. The molecule has 0 aliphatic carbocycles. The number of hydrogen-bond acceptors (Lipinski definition) is 5. The van der Waals surface area contributed by atoms with Crippen LogP contribution in [0.4, 0.5) is 10.1 Å². The van der Waals surface area contributed by atoms with Crippen molar-refractivity contribution in [2.24, 2.45) is 4.99 Å². The molecule has 0 radical (unpaired) electrons. The molecule has 8 heteroatoms. The summed E-state index contributed by atoms with van der Waals surface area (Å²) < 4.78 is 12.9. The van der Waals surface area contributed by atoms with Gasteiger partial charge < -0.3 is 0 Å². The van der Waals surface area contributed by atoms with E-state index >= 15 is 0 Å². The van der Waals surface area contributed by atoms with E-state index in [1.165, 1.54) is 48.2 Å². The number of rotatable bonds is 4. The maximum Gasteiger partial charge on any atom is 0.269 e. The van der Waals surface area contributed by atoms with Gasteiger partial charge in [0.05, 0.1) is 11.5 Å². The van der Waals surface area contributed by atoms with Crippen molar-refractivity contribution in [2.45, 2.75) is 5.75 Å². The number of carbonyl (C=O) groups excluding carboxylic acids is 1. The van der Waals surface area contributed by atoms with E-state index in [-0.39, 0.29) is 17.4 Å². The van der Waals surface area contributed by atoms with E-state index in [2.05, 4.69) is 4.99 Å². The minimum absolute atomic E-state index is 0.0578. The summed E-state index contributed by atoms with van der Waals surface area (Å²) in [6, 6.07) is 11.7. The number of carbonyl (C=O) groups is 1. The number of halogens is 1. The fraction of sp³-hybridized carbons (Fsp3) is 0.176. The van der Waals surface area contributed by atoms with Crippen LogP contribution in [-0.2, 0) is 5.75 Å². The number of nitro groups is 1. The molecule has 0 unspecified atom stereocenters. The van der Waals surface area contributed by atoms with E-state index in [1.807, 2.05) is 0 Å². The van der Waals surface area contributed by atoms with Crippen molar-refractivity contribution in [1.29, 1.82) is 0 Å². The topological polar surface area (TPSA) is 75.8 Å². The van der Waals surface area contributed by atoms with Crippen LogP contribution in [0.5, 0.6) is 0 Å². The SMILES string of the molecule is O=C(c1ccc([N+](=O)[O-])cc1)N1CCN=C1SCc1ccc(F)cc1. The number of benzene rings is 2. The molecule has 1 aliphatic rings. The Hall–Kier alpha value is -2.74. The summed E-state index contributed by atoms with van der Waals surface area (Å²) in [4.78, 5) is 28.7. The van der Waals surface area contributed by atoms with E-state index in [0.29, 0.717) is 29.6 Å². The van der Waals surface area contributed by atoms with Gasteiger partial charge in [-0.3, -0.25) is 24.8 Å².